The van der Waals surface area contributed by atoms with Gasteiger partial charge in [0.2, 0.25) is 5.91 Å². The summed E-state index contributed by atoms with van der Waals surface area (Å²) in [6.07, 6.45) is 5.62. The average Bonchev–Trinajstić information content (AvgIpc) is 2.39. The van der Waals surface area contributed by atoms with E-state index in [0.717, 1.165) is 18.7 Å². The van der Waals surface area contributed by atoms with Crippen LogP contribution in [0.15, 0.2) is 0 Å². The van der Waals surface area contributed by atoms with Crippen LogP contribution in [0.2, 0.25) is 0 Å². The van der Waals surface area contributed by atoms with E-state index < -0.39 is 0 Å². The zero-order chi connectivity index (χ0) is 14.6. The van der Waals surface area contributed by atoms with Crippen LogP contribution in [0.5, 0.6) is 0 Å². The number of hydrogen-bond acceptors (Lipinski definition) is 3. The number of nitrogens with one attached hydrogen (secondary N) is 2. The Morgan fingerprint density at radius 2 is 2.05 bits per heavy atom. The third-order valence-electron chi connectivity index (χ3n) is 4.65. The summed E-state index contributed by atoms with van der Waals surface area (Å²) < 4.78 is 0. The van der Waals surface area contributed by atoms with Crippen molar-refractivity contribution in [2.75, 3.05) is 18.1 Å². The predicted molar refractivity (Wildman–Crippen MR) is 87.1 cm³/mol. The van der Waals surface area contributed by atoms with Crippen LogP contribution >= 0.6 is 11.8 Å². The van der Waals surface area contributed by atoms with Crippen molar-refractivity contribution in [1.29, 1.82) is 0 Å². The summed E-state index contributed by atoms with van der Waals surface area (Å²) in [6, 6.07) is 0.748. The molecule has 3 nitrogen and oxygen atoms in total. The number of carbonyl (C=O) groups is 1. The van der Waals surface area contributed by atoms with E-state index in [9.17, 15) is 4.79 Å². The van der Waals surface area contributed by atoms with Crippen molar-refractivity contribution in [3.8, 4) is 0 Å². The highest BCUT2D eigenvalue weighted by atomic mass is 32.2. The molecule has 0 spiro atoms. The largest absolute Gasteiger partial charge is 0.353 e. The molecule has 20 heavy (non-hydrogen) atoms. The molecule has 0 aromatic carbocycles. The number of amides is 1. The molecular formula is C16H30N2OS. The molecule has 1 saturated heterocycles. The van der Waals surface area contributed by atoms with Gasteiger partial charge in [-0.15, -0.1) is 0 Å². The predicted octanol–water partition coefficient (Wildman–Crippen LogP) is 2.80. The van der Waals surface area contributed by atoms with Gasteiger partial charge < -0.3 is 10.6 Å². The highest BCUT2D eigenvalue weighted by molar-refractivity contribution is 7.99. The van der Waals surface area contributed by atoms with Crippen molar-refractivity contribution in [2.45, 2.75) is 65.0 Å². The lowest BCUT2D eigenvalue weighted by Gasteiger charge is -2.41. The zero-order valence-corrected chi connectivity index (χ0v) is 14.0. The minimum absolute atomic E-state index is 0.242. The maximum absolute atomic E-state index is 12.3. The first-order valence-corrected chi connectivity index (χ1v) is 9.23. The highest BCUT2D eigenvalue weighted by Gasteiger charge is 2.35. The Hall–Kier alpha value is -0.220. The van der Waals surface area contributed by atoms with Gasteiger partial charge in [-0.25, -0.2) is 0 Å². The molecule has 0 bridgehead atoms. The lowest BCUT2D eigenvalue weighted by molar-refractivity contribution is -0.123. The van der Waals surface area contributed by atoms with E-state index in [-0.39, 0.29) is 11.3 Å². The molecule has 2 aliphatic rings. The van der Waals surface area contributed by atoms with Gasteiger partial charge in [0.15, 0.2) is 0 Å². The first-order valence-electron chi connectivity index (χ1n) is 8.07. The number of rotatable bonds is 3. The second-order valence-corrected chi connectivity index (χ2v) is 8.51. The Morgan fingerprint density at radius 1 is 1.30 bits per heavy atom. The molecule has 2 rings (SSSR count). The number of hydrogen-bond donors (Lipinski definition) is 2. The van der Waals surface area contributed by atoms with Crippen molar-refractivity contribution in [3.05, 3.63) is 0 Å². The lowest BCUT2D eigenvalue weighted by atomic mass is 9.69. The fourth-order valence-corrected chi connectivity index (χ4v) is 4.53. The second kappa shape index (κ2) is 7.17. The molecule has 0 aromatic rings. The van der Waals surface area contributed by atoms with Gasteiger partial charge in [-0.2, -0.15) is 11.8 Å². The summed E-state index contributed by atoms with van der Waals surface area (Å²) in [4.78, 5) is 12.3. The van der Waals surface area contributed by atoms with E-state index in [1.807, 2.05) is 11.8 Å². The monoisotopic (exact) mass is 298 g/mol. The Labute approximate surface area is 128 Å². The summed E-state index contributed by atoms with van der Waals surface area (Å²) in [5, 5.41) is 6.78. The summed E-state index contributed by atoms with van der Waals surface area (Å²) in [6.45, 7) is 7.96. The molecule has 3 atom stereocenters. The smallest absolute Gasteiger partial charge is 0.221 e. The maximum atomic E-state index is 12.3. The van der Waals surface area contributed by atoms with E-state index in [2.05, 4.69) is 31.4 Å². The van der Waals surface area contributed by atoms with Crippen molar-refractivity contribution in [2.24, 2.45) is 11.3 Å². The third-order valence-corrected chi connectivity index (χ3v) is 5.79. The summed E-state index contributed by atoms with van der Waals surface area (Å²) in [5.41, 5.74) is 0.289. The number of thioether (sulfide) groups is 1. The van der Waals surface area contributed by atoms with Gasteiger partial charge in [0.25, 0.3) is 0 Å². The van der Waals surface area contributed by atoms with E-state index in [1.54, 1.807) is 0 Å². The van der Waals surface area contributed by atoms with Gasteiger partial charge in [0.05, 0.1) is 0 Å². The maximum Gasteiger partial charge on any atom is 0.221 e. The summed E-state index contributed by atoms with van der Waals surface area (Å²) in [7, 11) is 0. The van der Waals surface area contributed by atoms with E-state index >= 15 is 0 Å². The highest BCUT2D eigenvalue weighted by Crippen LogP contribution is 2.38. The van der Waals surface area contributed by atoms with Gasteiger partial charge in [0, 0.05) is 36.6 Å². The van der Waals surface area contributed by atoms with Crippen LogP contribution < -0.4 is 10.6 Å². The second-order valence-electron chi connectivity index (χ2n) is 7.36. The van der Waals surface area contributed by atoms with Gasteiger partial charge in [-0.05, 0) is 24.2 Å². The van der Waals surface area contributed by atoms with Crippen molar-refractivity contribution < 1.29 is 4.79 Å². The molecule has 116 valence electrons. The van der Waals surface area contributed by atoms with E-state index in [1.165, 1.54) is 25.0 Å². The minimum atomic E-state index is 0.242. The minimum Gasteiger partial charge on any atom is -0.353 e. The summed E-state index contributed by atoms with van der Waals surface area (Å²) in [5.74, 6) is 3.10. The molecule has 0 aromatic heterocycles. The normalized spacial score (nSPS) is 31.9. The molecule has 4 heteroatoms. The van der Waals surface area contributed by atoms with Gasteiger partial charge in [-0.3, -0.25) is 4.79 Å². The quantitative estimate of drug-likeness (QED) is 0.842. The molecular weight excluding hydrogens is 268 g/mol. The molecule has 1 saturated carbocycles. The fourth-order valence-electron chi connectivity index (χ4n) is 3.58. The molecule has 2 fully saturated rings. The van der Waals surface area contributed by atoms with E-state index in [4.69, 9.17) is 0 Å². The van der Waals surface area contributed by atoms with Crippen LogP contribution in [0.4, 0.5) is 0 Å². The molecule has 0 radical (unpaired) electrons. The first-order chi connectivity index (χ1) is 9.47. The van der Waals surface area contributed by atoms with Gasteiger partial charge in [-0.1, -0.05) is 33.6 Å². The summed E-state index contributed by atoms with van der Waals surface area (Å²) >= 11 is 1.95. The van der Waals surface area contributed by atoms with Crippen LogP contribution in [-0.4, -0.2) is 36.0 Å². The van der Waals surface area contributed by atoms with Gasteiger partial charge >= 0.3 is 0 Å². The van der Waals surface area contributed by atoms with Crippen LogP contribution in [0, 0.1) is 11.3 Å². The molecule has 1 amide bonds. The molecule has 2 N–H and O–H groups in total. The van der Waals surface area contributed by atoms with Crippen LogP contribution in [-0.2, 0) is 4.79 Å². The van der Waals surface area contributed by atoms with Crippen LogP contribution in [0.25, 0.3) is 0 Å². The average molecular weight is 298 g/mol. The van der Waals surface area contributed by atoms with E-state index in [0.29, 0.717) is 24.4 Å². The Balaban J connectivity index is 1.84. The lowest BCUT2D eigenvalue weighted by Crippen LogP contribution is -2.49. The van der Waals surface area contributed by atoms with Crippen LogP contribution in [0.3, 0.4) is 0 Å². The van der Waals surface area contributed by atoms with Crippen LogP contribution in [0.1, 0.15) is 52.9 Å². The standard InChI is InChI=1S/C16H30N2OS/c1-16(2,3)13-6-4-5-7-14(13)18-15(19)10-12-11-20-9-8-17-12/h12-14,17H,4-11H2,1-3H3,(H,18,19). The Morgan fingerprint density at radius 3 is 2.70 bits per heavy atom. The molecule has 1 heterocycles. The molecule has 1 aliphatic heterocycles. The number of carbonyl (C=O) groups excluding carboxylic acids is 1. The zero-order valence-electron chi connectivity index (χ0n) is 13.2. The SMILES string of the molecule is CC(C)(C)C1CCCCC1NC(=O)CC1CSCCN1. The van der Waals surface area contributed by atoms with Gasteiger partial charge in [0.1, 0.15) is 0 Å². The van der Waals surface area contributed by atoms with Crippen molar-refractivity contribution >= 4 is 17.7 Å². The molecule has 3 unspecified atom stereocenters. The first kappa shape index (κ1) is 16.2. The van der Waals surface area contributed by atoms with Crippen molar-refractivity contribution in [3.63, 3.8) is 0 Å². The fraction of sp³-hybridized carbons (Fsp3) is 0.938. The third kappa shape index (κ3) is 4.66. The Kier molecular flexibility index (Phi) is 5.79. The topological polar surface area (TPSA) is 41.1 Å². The van der Waals surface area contributed by atoms with Crippen molar-refractivity contribution in [1.82, 2.24) is 10.6 Å². The molecule has 1 aliphatic carbocycles. The Bertz CT molecular complexity index is 321.